The lowest BCUT2D eigenvalue weighted by atomic mass is 9.98. The Balaban J connectivity index is 2.39. The zero-order valence-corrected chi connectivity index (χ0v) is 7.66. The minimum absolute atomic E-state index is 0.364. The summed E-state index contributed by atoms with van der Waals surface area (Å²) in [5.74, 6) is -0.952. The molecular formula is C10H12N2O2. The highest BCUT2D eigenvalue weighted by Crippen LogP contribution is 2.29. The molecule has 1 aliphatic carbocycles. The fourth-order valence-corrected chi connectivity index (χ4v) is 1.88. The number of carboxylic acid groups (broad SMARTS) is 1. The van der Waals surface area contributed by atoms with E-state index in [0.29, 0.717) is 18.5 Å². The zero-order chi connectivity index (χ0) is 10.3. The molecule has 0 bridgehead atoms. The van der Waals surface area contributed by atoms with Gasteiger partial charge in [0, 0.05) is 18.5 Å². The van der Waals surface area contributed by atoms with Crippen molar-refractivity contribution in [3.8, 4) is 0 Å². The summed E-state index contributed by atoms with van der Waals surface area (Å²) in [6.45, 7) is 0. The van der Waals surface area contributed by atoms with Crippen molar-refractivity contribution in [2.24, 2.45) is 5.73 Å². The maximum Gasteiger partial charge on any atom is 0.324 e. The lowest BCUT2D eigenvalue weighted by molar-refractivity contribution is -0.142. The van der Waals surface area contributed by atoms with Crippen molar-refractivity contribution in [1.82, 2.24) is 0 Å². The fourth-order valence-electron chi connectivity index (χ4n) is 1.88. The molecule has 74 valence electrons. The Morgan fingerprint density at radius 2 is 2.00 bits per heavy atom. The smallest absolute Gasteiger partial charge is 0.324 e. The molecule has 2 rings (SSSR count). The quantitative estimate of drug-likeness (QED) is 0.552. The van der Waals surface area contributed by atoms with E-state index < -0.39 is 11.5 Å². The molecule has 0 saturated carbocycles. The lowest BCUT2D eigenvalue weighted by Crippen LogP contribution is -2.48. The van der Waals surface area contributed by atoms with Gasteiger partial charge < -0.3 is 16.6 Å². The third-order valence-electron chi connectivity index (χ3n) is 2.67. The topological polar surface area (TPSA) is 89.3 Å². The summed E-state index contributed by atoms with van der Waals surface area (Å²) in [7, 11) is 0. The molecular weight excluding hydrogens is 180 g/mol. The van der Waals surface area contributed by atoms with Crippen molar-refractivity contribution in [2.45, 2.75) is 18.4 Å². The maximum atomic E-state index is 10.9. The second-order valence-electron chi connectivity index (χ2n) is 3.84. The molecule has 1 aromatic carbocycles. The minimum atomic E-state index is -1.14. The summed E-state index contributed by atoms with van der Waals surface area (Å²) in [5, 5.41) is 8.96. The Hall–Kier alpha value is -1.55. The SMILES string of the molecule is Nc1ccc2c(c1)C[C@](N)(C(=O)O)C2. The summed E-state index contributed by atoms with van der Waals surface area (Å²) < 4.78 is 0. The van der Waals surface area contributed by atoms with Gasteiger partial charge in [0.25, 0.3) is 0 Å². The van der Waals surface area contributed by atoms with E-state index in [1.807, 2.05) is 6.07 Å². The molecule has 0 aromatic heterocycles. The first-order valence-electron chi connectivity index (χ1n) is 4.41. The molecule has 0 aliphatic heterocycles. The van der Waals surface area contributed by atoms with Crippen molar-refractivity contribution in [1.29, 1.82) is 0 Å². The number of rotatable bonds is 1. The van der Waals surface area contributed by atoms with Crippen LogP contribution in [0.1, 0.15) is 11.1 Å². The van der Waals surface area contributed by atoms with Crippen LogP contribution in [0.5, 0.6) is 0 Å². The van der Waals surface area contributed by atoms with E-state index in [1.54, 1.807) is 12.1 Å². The predicted molar refractivity (Wildman–Crippen MR) is 52.8 cm³/mol. The Morgan fingerprint density at radius 3 is 2.64 bits per heavy atom. The molecule has 0 spiro atoms. The average molecular weight is 192 g/mol. The van der Waals surface area contributed by atoms with Crippen molar-refractivity contribution in [3.63, 3.8) is 0 Å². The summed E-state index contributed by atoms with van der Waals surface area (Å²) in [6.07, 6.45) is 0.751. The molecule has 0 amide bonds. The maximum absolute atomic E-state index is 10.9. The molecule has 1 atom stereocenters. The molecule has 4 heteroatoms. The Kier molecular flexibility index (Phi) is 1.75. The summed E-state index contributed by atoms with van der Waals surface area (Å²) in [5.41, 5.74) is 12.8. The summed E-state index contributed by atoms with van der Waals surface area (Å²) >= 11 is 0. The molecule has 0 unspecified atom stereocenters. The molecule has 5 N–H and O–H groups in total. The number of nitrogen functional groups attached to an aromatic ring is 1. The van der Waals surface area contributed by atoms with E-state index in [-0.39, 0.29) is 0 Å². The van der Waals surface area contributed by atoms with Crippen LogP contribution in [0.25, 0.3) is 0 Å². The van der Waals surface area contributed by atoms with Crippen LogP contribution in [0.3, 0.4) is 0 Å². The van der Waals surface area contributed by atoms with Crippen LogP contribution in [-0.4, -0.2) is 16.6 Å². The van der Waals surface area contributed by atoms with E-state index in [2.05, 4.69) is 0 Å². The number of fused-ring (bicyclic) bond motifs is 1. The molecule has 0 saturated heterocycles. The van der Waals surface area contributed by atoms with Crippen LogP contribution in [0.15, 0.2) is 18.2 Å². The Labute approximate surface area is 81.5 Å². The van der Waals surface area contributed by atoms with Crippen LogP contribution in [-0.2, 0) is 17.6 Å². The molecule has 1 aromatic rings. The molecule has 1 aliphatic rings. The molecule has 14 heavy (non-hydrogen) atoms. The lowest BCUT2D eigenvalue weighted by Gasteiger charge is -2.16. The van der Waals surface area contributed by atoms with Crippen LogP contribution in [0.4, 0.5) is 5.69 Å². The van der Waals surface area contributed by atoms with Gasteiger partial charge in [0.2, 0.25) is 0 Å². The summed E-state index contributed by atoms with van der Waals surface area (Å²) in [6, 6.07) is 5.42. The average Bonchev–Trinajstić information content (AvgIpc) is 2.42. The normalized spacial score (nSPS) is 24.6. The van der Waals surface area contributed by atoms with Gasteiger partial charge in [-0.05, 0) is 23.3 Å². The highest BCUT2D eigenvalue weighted by Gasteiger charge is 2.40. The standard InChI is InChI=1S/C10H12N2O2/c11-8-2-1-6-4-10(12,9(13)14)5-7(6)3-8/h1-3H,4-5,11-12H2,(H,13,14)/t10-/m0/s1. The van der Waals surface area contributed by atoms with Crippen molar-refractivity contribution >= 4 is 11.7 Å². The third kappa shape index (κ3) is 1.24. The minimum Gasteiger partial charge on any atom is -0.480 e. The second-order valence-corrected chi connectivity index (χ2v) is 3.84. The van der Waals surface area contributed by atoms with Gasteiger partial charge in [-0.3, -0.25) is 4.79 Å². The van der Waals surface area contributed by atoms with Gasteiger partial charge >= 0.3 is 5.97 Å². The van der Waals surface area contributed by atoms with E-state index in [1.165, 1.54) is 0 Å². The first-order chi connectivity index (χ1) is 6.51. The Bertz CT molecular complexity index is 403. The van der Waals surface area contributed by atoms with Crippen molar-refractivity contribution in [2.75, 3.05) is 5.73 Å². The van der Waals surface area contributed by atoms with Crippen LogP contribution in [0.2, 0.25) is 0 Å². The van der Waals surface area contributed by atoms with Crippen LogP contribution >= 0.6 is 0 Å². The van der Waals surface area contributed by atoms with Crippen molar-refractivity contribution < 1.29 is 9.90 Å². The molecule has 0 fully saturated rings. The number of hydrogen-bond donors (Lipinski definition) is 3. The Morgan fingerprint density at radius 1 is 1.36 bits per heavy atom. The highest BCUT2D eigenvalue weighted by molar-refractivity contribution is 5.81. The van der Waals surface area contributed by atoms with Gasteiger partial charge in [-0.2, -0.15) is 0 Å². The largest absolute Gasteiger partial charge is 0.480 e. The number of carboxylic acids is 1. The predicted octanol–water partition coefficient (Wildman–Crippen LogP) is 0.149. The number of aliphatic carboxylic acids is 1. The molecule has 0 heterocycles. The van der Waals surface area contributed by atoms with E-state index in [4.69, 9.17) is 16.6 Å². The second kappa shape index (κ2) is 2.72. The van der Waals surface area contributed by atoms with Crippen molar-refractivity contribution in [3.05, 3.63) is 29.3 Å². The number of nitrogens with two attached hydrogens (primary N) is 2. The van der Waals surface area contributed by atoms with Gasteiger partial charge in [0.1, 0.15) is 5.54 Å². The van der Waals surface area contributed by atoms with E-state index in [9.17, 15) is 4.79 Å². The zero-order valence-electron chi connectivity index (χ0n) is 7.66. The van der Waals surface area contributed by atoms with Gasteiger partial charge in [-0.15, -0.1) is 0 Å². The molecule has 0 radical (unpaired) electrons. The van der Waals surface area contributed by atoms with Gasteiger partial charge in [-0.1, -0.05) is 6.07 Å². The third-order valence-corrected chi connectivity index (χ3v) is 2.67. The van der Waals surface area contributed by atoms with E-state index >= 15 is 0 Å². The van der Waals surface area contributed by atoms with Gasteiger partial charge in [0.15, 0.2) is 0 Å². The first kappa shape index (κ1) is 9.02. The summed E-state index contributed by atoms with van der Waals surface area (Å²) in [4.78, 5) is 10.9. The monoisotopic (exact) mass is 192 g/mol. The number of benzene rings is 1. The first-order valence-corrected chi connectivity index (χ1v) is 4.41. The number of anilines is 1. The fraction of sp³-hybridized carbons (Fsp3) is 0.300. The number of carbonyl (C=O) groups is 1. The highest BCUT2D eigenvalue weighted by atomic mass is 16.4. The number of hydrogen-bond acceptors (Lipinski definition) is 3. The van der Waals surface area contributed by atoms with Gasteiger partial charge in [0.05, 0.1) is 0 Å². The van der Waals surface area contributed by atoms with Gasteiger partial charge in [-0.25, -0.2) is 0 Å². The van der Waals surface area contributed by atoms with Crippen LogP contribution < -0.4 is 11.5 Å². The van der Waals surface area contributed by atoms with Crippen LogP contribution in [0, 0.1) is 0 Å². The molecule has 4 nitrogen and oxygen atoms in total. The van der Waals surface area contributed by atoms with E-state index in [0.717, 1.165) is 11.1 Å².